The second-order valence-electron chi connectivity index (χ2n) is 6.26. The first kappa shape index (κ1) is 19.6. The van der Waals surface area contributed by atoms with Crippen molar-refractivity contribution in [3.63, 3.8) is 0 Å². The molecular formula is C20H13BrFN5O3. The Morgan fingerprint density at radius 3 is 2.77 bits per heavy atom. The molecule has 0 spiro atoms. The van der Waals surface area contributed by atoms with Crippen molar-refractivity contribution in [1.29, 1.82) is 0 Å². The molecule has 0 aliphatic heterocycles. The fraction of sp³-hybridized carbons (Fsp3) is 0.0500. The van der Waals surface area contributed by atoms with E-state index < -0.39 is 16.4 Å². The Kier molecular flexibility index (Phi) is 5.23. The molecule has 0 fully saturated rings. The van der Waals surface area contributed by atoms with Gasteiger partial charge in [-0.05, 0) is 37.3 Å². The average molecular weight is 470 g/mol. The van der Waals surface area contributed by atoms with Gasteiger partial charge in [0.1, 0.15) is 17.7 Å². The molecule has 0 aliphatic carbocycles. The maximum absolute atomic E-state index is 14.2. The predicted molar refractivity (Wildman–Crippen MR) is 113 cm³/mol. The molecule has 0 amide bonds. The lowest BCUT2D eigenvalue weighted by Gasteiger charge is -2.11. The largest absolute Gasteiger partial charge is 0.431 e. The van der Waals surface area contributed by atoms with E-state index >= 15 is 0 Å². The van der Waals surface area contributed by atoms with Gasteiger partial charge in [-0.25, -0.2) is 14.4 Å². The first-order valence-corrected chi connectivity index (χ1v) is 9.47. The van der Waals surface area contributed by atoms with Gasteiger partial charge < -0.3 is 10.1 Å². The molecule has 0 saturated carbocycles. The summed E-state index contributed by atoms with van der Waals surface area (Å²) in [7, 11) is 0. The summed E-state index contributed by atoms with van der Waals surface area (Å²) in [6.45, 7) is 1.83. The molecule has 4 rings (SSSR count). The second-order valence-corrected chi connectivity index (χ2v) is 7.18. The van der Waals surface area contributed by atoms with Gasteiger partial charge in [-0.2, -0.15) is 4.98 Å². The van der Waals surface area contributed by atoms with Crippen LogP contribution in [0.3, 0.4) is 0 Å². The summed E-state index contributed by atoms with van der Waals surface area (Å²) in [5.74, 6) is -0.784. The van der Waals surface area contributed by atoms with Crippen LogP contribution in [-0.4, -0.2) is 19.9 Å². The molecule has 30 heavy (non-hydrogen) atoms. The van der Waals surface area contributed by atoms with Crippen LogP contribution in [0.15, 0.2) is 59.3 Å². The topological polar surface area (TPSA) is 103 Å². The number of hydrogen-bond acceptors (Lipinski definition) is 7. The molecule has 2 aromatic carbocycles. The van der Waals surface area contributed by atoms with Crippen molar-refractivity contribution in [3.05, 3.63) is 81.0 Å². The highest BCUT2D eigenvalue weighted by Crippen LogP contribution is 2.37. The lowest BCUT2D eigenvalue weighted by atomic mass is 10.2. The fourth-order valence-corrected chi connectivity index (χ4v) is 3.15. The molecule has 0 radical (unpaired) electrons. The molecule has 10 heteroatoms. The summed E-state index contributed by atoms with van der Waals surface area (Å²) < 4.78 is 20.5. The number of nitro groups is 1. The normalized spacial score (nSPS) is 10.8. The number of para-hydroxylation sites is 1. The second kappa shape index (κ2) is 7.99. The van der Waals surface area contributed by atoms with Crippen molar-refractivity contribution in [2.24, 2.45) is 0 Å². The number of aromatic nitrogens is 3. The molecule has 1 N–H and O–H groups in total. The number of hydrogen-bond donors (Lipinski definition) is 1. The van der Waals surface area contributed by atoms with Crippen LogP contribution in [0.4, 0.5) is 21.6 Å². The van der Waals surface area contributed by atoms with Crippen molar-refractivity contribution < 1.29 is 14.1 Å². The van der Waals surface area contributed by atoms with E-state index in [1.807, 2.05) is 25.1 Å². The highest BCUT2D eigenvalue weighted by molar-refractivity contribution is 9.10. The number of anilines is 2. The highest BCUT2D eigenvalue weighted by Gasteiger charge is 2.26. The minimum absolute atomic E-state index is 0.0217. The van der Waals surface area contributed by atoms with E-state index in [-0.39, 0.29) is 17.4 Å². The van der Waals surface area contributed by atoms with Gasteiger partial charge in [0.15, 0.2) is 5.75 Å². The number of aryl methyl sites for hydroxylation is 1. The summed E-state index contributed by atoms with van der Waals surface area (Å²) in [5, 5.41) is 15.2. The van der Waals surface area contributed by atoms with E-state index in [9.17, 15) is 14.5 Å². The summed E-state index contributed by atoms with van der Waals surface area (Å²) in [5.41, 5.74) is 0.806. The molecule has 0 aliphatic rings. The summed E-state index contributed by atoms with van der Waals surface area (Å²) >= 11 is 3.17. The SMILES string of the molecule is Cc1ccc2cccc(Oc3ncnc(Nc4ccc(Br)cc4F)c3[N+](=O)[O-])c2n1. The fourth-order valence-electron chi connectivity index (χ4n) is 2.82. The molecular weight excluding hydrogens is 457 g/mol. The Morgan fingerprint density at radius 1 is 1.17 bits per heavy atom. The van der Waals surface area contributed by atoms with Crippen LogP contribution < -0.4 is 10.1 Å². The zero-order chi connectivity index (χ0) is 21.3. The number of benzene rings is 2. The van der Waals surface area contributed by atoms with Crippen LogP contribution >= 0.6 is 15.9 Å². The van der Waals surface area contributed by atoms with E-state index in [0.717, 1.165) is 17.4 Å². The molecule has 8 nitrogen and oxygen atoms in total. The zero-order valence-electron chi connectivity index (χ0n) is 15.5. The monoisotopic (exact) mass is 469 g/mol. The Balaban J connectivity index is 1.77. The van der Waals surface area contributed by atoms with Crippen molar-refractivity contribution in [2.45, 2.75) is 6.92 Å². The third-order valence-corrected chi connectivity index (χ3v) is 4.68. The lowest BCUT2D eigenvalue weighted by Crippen LogP contribution is -2.04. The van der Waals surface area contributed by atoms with Crippen molar-refractivity contribution in [2.75, 3.05) is 5.32 Å². The van der Waals surface area contributed by atoms with Crippen LogP contribution in [0.5, 0.6) is 11.6 Å². The highest BCUT2D eigenvalue weighted by atomic mass is 79.9. The van der Waals surface area contributed by atoms with E-state index in [4.69, 9.17) is 4.74 Å². The van der Waals surface area contributed by atoms with Gasteiger partial charge in [0.05, 0.1) is 10.6 Å². The van der Waals surface area contributed by atoms with Crippen LogP contribution in [0.1, 0.15) is 5.69 Å². The predicted octanol–water partition coefficient (Wildman–Crippen LogP) is 5.68. The van der Waals surface area contributed by atoms with Gasteiger partial charge >= 0.3 is 11.6 Å². The number of nitrogens with zero attached hydrogens (tertiary/aromatic N) is 4. The standard InChI is InChI=1S/C20H13BrFN5O3/c1-11-5-6-12-3-2-4-16(17(12)25-11)30-20-18(27(28)29)19(23-10-24-20)26-15-8-7-13(21)9-14(15)22/h2-10H,1H3,(H,23,24,26). The number of fused-ring (bicyclic) bond motifs is 1. The van der Waals surface area contributed by atoms with Gasteiger partial charge in [0, 0.05) is 15.6 Å². The van der Waals surface area contributed by atoms with Gasteiger partial charge in [0.25, 0.3) is 0 Å². The van der Waals surface area contributed by atoms with Gasteiger partial charge in [-0.1, -0.05) is 34.1 Å². The van der Waals surface area contributed by atoms with Crippen LogP contribution in [0.25, 0.3) is 10.9 Å². The van der Waals surface area contributed by atoms with Crippen LogP contribution in [0.2, 0.25) is 0 Å². The quantitative estimate of drug-likeness (QED) is 0.296. The first-order chi connectivity index (χ1) is 14.4. The molecule has 4 aromatic rings. The lowest BCUT2D eigenvalue weighted by molar-refractivity contribution is -0.385. The molecule has 2 aromatic heterocycles. The van der Waals surface area contributed by atoms with Gasteiger partial charge in [0.2, 0.25) is 5.82 Å². The van der Waals surface area contributed by atoms with Gasteiger partial charge in [-0.3, -0.25) is 10.1 Å². The zero-order valence-corrected chi connectivity index (χ0v) is 17.1. The van der Waals surface area contributed by atoms with Crippen LogP contribution in [-0.2, 0) is 0 Å². The first-order valence-electron chi connectivity index (χ1n) is 8.68. The van der Waals surface area contributed by atoms with E-state index in [0.29, 0.717) is 15.7 Å². The molecule has 150 valence electrons. The smallest absolute Gasteiger partial charge is 0.373 e. The molecule has 2 heterocycles. The molecule has 0 unspecified atom stereocenters. The van der Waals surface area contributed by atoms with E-state index in [1.54, 1.807) is 18.2 Å². The Hall–Kier alpha value is -3.66. The Labute approximate surface area is 178 Å². The maximum Gasteiger partial charge on any atom is 0.373 e. The average Bonchev–Trinajstić information content (AvgIpc) is 2.70. The Bertz CT molecular complexity index is 1280. The third-order valence-electron chi connectivity index (χ3n) is 4.18. The van der Waals surface area contributed by atoms with Crippen molar-refractivity contribution in [3.8, 4) is 11.6 Å². The van der Waals surface area contributed by atoms with Gasteiger partial charge in [-0.15, -0.1) is 0 Å². The number of pyridine rings is 1. The van der Waals surface area contributed by atoms with E-state index in [1.165, 1.54) is 12.1 Å². The van der Waals surface area contributed by atoms with Crippen molar-refractivity contribution in [1.82, 2.24) is 15.0 Å². The maximum atomic E-state index is 14.2. The number of halogens is 2. The molecule has 0 saturated heterocycles. The van der Waals surface area contributed by atoms with Crippen molar-refractivity contribution >= 4 is 44.0 Å². The number of nitrogens with one attached hydrogen (secondary N) is 1. The molecule has 0 bridgehead atoms. The summed E-state index contributed by atoms with van der Waals surface area (Å²) in [6.07, 6.45) is 1.10. The third kappa shape index (κ3) is 3.90. The number of ether oxygens (including phenoxy) is 1. The van der Waals surface area contributed by atoms with Crippen LogP contribution in [0, 0.1) is 22.9 Å². The molecule has 0 atom stereocenters. The number of rotatable bonds is 5. The minimum Gasteiger partial charge on any atom is -0.431 e. The Morgan fingerprint density at radius 2 is 2.00 bits per heavy atom. The van der Waals surface area contributed by atoms with E-state index in [2.05, 4.69) is 36.2 Å². The summed E-state index contributed by atoms with van der Waals surface area (Å²) in [4.78, 5) is 23.4. The minimum atomic E-state index is -0.682. The summed E-state index contributed by atoms with van der Waals surface area (Å²) in [6, 6.07) is 13.2.